The van der Waals surface area contributed by atoms with Crippen molar-refractivity contribution in [1.29, 1.82) is 0 Å². The zero-order chi connectivity index (χ0) is 16.4. The highest BCUT2D eigenvalue weighted by atomic mass is 35.5. The first-order chi connectivity index (χ1) is 11.1. The summed E-state index contributed by atoms with van der Waals surface area (Å²) >= 11 is 6.41. The van der Waals surface area contributed by atoms with Crippen LogP contribution in [0.4, 0.5) is 0 Å². The molecule has 0 unspecified atom stereocenters. The molecule has 0 amide bonds. The molecule has 122 valence electrons. The van der Waals surface area contributed by atoms with Crippen LogP contribution in [0.15, 0.2) is 24.4 Å². The van der Waals surface area contributed by atoms with Crippen LogP contribution in [0.1, 0.15) is 42.4 Å². The predicted octanol–water partition coefficient (Wildman–Crippen LogP) is 3.82. The smallest absolute Gasteiger partial charge is 0.137 e. The number of fused-ring (bicyclic) bond motifs is 1. The first-order valence-electron chi connectivity index (χ1n) is 7.97. The molecule has 3 rings (SSSR count). The van der Waals surface area contributed by atoms with Crippen LogP contribution in [0, 0.1) is 0 Å². The van der Waals surface area contributed by atoms with Crippen LogP contribution in [0.25, 0.3) is 0 Å². The topological polar surface area (TPSA) is 38.2 Å². The molecular formula is C18H22ClN3O. The fourth-order valence-corrected chi connectivity index (χ4v) is 3.14. The lowest BCUT2D eigenvalue weighted by Crippen LogP contribution is -2.31. The molecule has 23 heavy (non-hydrogen) atoms. The van der Waals surface area contributed by atoms with Gasteiger partial charge in [0.15, 0.2) is 0 Å². The Kier molecular flexibility index (Phi) is 4.83. The van der Waals surface area contributed by atoms with Crippen molar-refractivity contribution in [1.82, 2.24) is 14.9 Å². The van der Waals surface area contributed by atoms with Crippen molar-refractivity contribution in [3.8, 4) is 5.75 Å². The number of halogens is 1. The second-order valence-corrected chi connectivity index (χ2v) is 6.63. The average molecular weight is 332 g/mol. The monoisotopic (exact) mass is 331 g/mol. The van der Waals surface area contributed by atoms with Crippen LogP contribution in [0.3, 0.4) is 0 Å². The normalized spacial score (nSPS) is 14.8. The highest BCUT2D eigenvalue weighted by Gasteiger charge is 2.20. The molecule has 1 aliphatic rings. The van der Waals surface area contributed by atoms with Crippen molar-refractivity contribution in [3.05, 3.63) is 52.1 Å². The van der Waals surface area contributed by atoms with E-state index < -0.39 is 0 Å². The standard InChI is InChI=1S/C18H22ClN3O/c1-12(2)18-20-9-14-11-22(8-7-15(14)21-18)10-13-5-4-6-16(23-3)17(13)19/h4-6,9,12H,7-8,10-11H2,1-3H3. The third-order valence-corrected chi connectivity index (χ3v) is 4.63. The van der Waals surface area contributed by atoms with Crippen LogP contribution < -0.4 is 4.74 Å². The molecule has 0 radical (unpaired) electrons. The third kappa shape index (κ3) is 3.48. The lowest BCUT2D eigenvalue weighted by atomic mass is 10.1. The maximum Gasteiger partial charge on any atom is 0.137 e. The molecule has 1 aliphatic heterocycles. The number of benzene rings is 1. The Balaban J connectivity index is 1.75. The summed E-state index contributed by atoms with van der Waals surface area (Å²) in [5.74, 6) is 2.04. The highest BCUT2D eigenvalue weighted by molar-refractivity contribution is 6.32. The minimum Gasteiger partial charge on any atom is -0.495 e. The summed E-state index contributed by atoms with van der Waals surface area (Å²) < 4.78 is 5.30. The Morgan fingerprint density at radius 2 is 2.17 bits per heavy atom. The first-order valence-corrected chi connectivity index (χ1v) is 8.34. The molecule has 0 spiro atoms. The van der Waals surface area contributed by atoms with Gasteiger partial charge in [0.25, 0.3) is 0 Å². The Labute approximate surface area is 142 Å². The number of rotatable bonds is 4. The van der Waals surface area contributed by atoms with Gasteiger partial charge in [-0.05, 0) is 11.6 Å². The summed E-state index contributed by atoms with van der Waals surface area (Å²) in [5.41, 5.74) is 3.51. The van der Waals surface area contributed by atoms with Gasteiger partial charge >= 0.3 is 0 Å². The van der Waals surface area contributed by atoms with Crippen molar-refractivity contribution in [2.75, 3.05) is 13.7 Å². The molecule has 0 N–H and O–H groups in total. The fraction of sp³-hybridized carbons (Fsp3) is 0.444. The van der Waals surface area contributed by atoms with Gasteiger partial charge in [0, 0.05) is 49.4 Å². The second kappa shape index (κ2) is 6.85. The van der Waals surface area contributed by atoms with Gasteiger partial charge in [-0.25, -0.2) is 9.97 Å². The van der Waals surface area contributed by atoms with Crippen LogP contribution in [0.5, 0.6) is 5.75 Å². The Morgan fingerprint density at radius 3 is 2.91 bits per heavy atom. The van der Waals surface area contributed by atoms with E-state index in [1.165, 1.54) is 11.3 Å². The summed E-state index contributed by atoms with van der Waals surface area (Å²) in [6.45, 7) is 6.90. The van der Waals surface area contributed by atoms with Crippen LogP contribution >= 0.6 is 11.6 Å². The molecule has 0 fully saturated rings. The zero-order valence-corrected chi connectivity index (χ0v) is 14.6. The number of hydrogen-bond acceptors (Lipinski definition) is 4. The van der Waals surface area contributed by atoms with Crippen molar-refractivity contribution >= 4 is 11.6 Å². The minimum atomic E-state index is 0.369. The SMILES string of the molecule is COc1cccc(CN2CCc3nc(C(C)C)ncc3C2)c1Cl. The third-order valence-electron chi connectivity index (χ3n) is 4.21. The first kappa shape index (κ1) is 16.2. The Morgan fingerprint density at radius 1 is 1.35 bits per heavy atom. The second-order valence-electron chi connectivity index (χ2n) is 6.25. The van der Waals surface area contributed by atoms with Gasteiger partial charge in [-0.3, -0.25) is 4.90 Å². The minimum absolute atomic E-state index is 0.369. The molecule has 0 bridgehead atoms. The van der Waals surface area contributed by atoms with Gasteiger partial charge in [0.2, 0.25) is 0 Å². The van der Waals surface area contributed by atoms with Crippen molar-refractivity contribution in [2.24, 2.45) is 0 Å². The van der Waals surface area contributed by atoms with Crippen LogP contribution in [-0.2, 0) is 19.5 Å². The number of methoxy groups -OCH3 is 1. The Bertz CT molecular complexity index is 703. The molecule has 1 aromatic heterocycles. The van der Waals surface area contributed by atoms with Crippen LogP contribution in [0.2, 0.25) is 5.02 Å². The molecule has 5 heteroatoms. The van der Waals surface area contributed by atoms with E-state index >= 15 is 0 Å². The van der Waals surface area contributed by atoms with E-state index in [0.29, 0.717) is 10.9 Å². The van der Waals surface area contributed by atoms with Crippen molar-refractivity contribution in [2.45, 2.75) is 39.3 Å². The van der Waals surface area contributed by atoms with Crippen LogP contribution in [-0.4, -0.2) is 28.5 Å². The van der Waals surface area contributed by atoms with E-state index in [2.05, 4.69) is 29.8 Å². The fourth-order valence-electron chi connectivity index (χ4n) is 2.88. The van der Waals surface area contributed by atoms with Gasteiger partial charge in [0.1, 0.15) is 11.6 Å². The predicted molar refractivity (Wildman–Crippen MR) is 91.9 cm³/mol. The summed E-state index contributed by atoms with van der Waals surface area (Å²) in [5, 5.41) is 0.701. The lowest BCUT2D eigenvalue weighted by molar-refractivity contribution is 0.242. The largest absolute Gasteiger partial charge is 0.495 e. The van der Waals surface area contributed by atoms with E-state index in [1.54, 1.807) is 7.11 Å². The summed E-state index contributed by atoms with van der Waals surface area (Å²) in [6.07, 6.45) is 2.94. The average Bonchev–Trinajstić information content (AvgIpc) is 2.56. The molecular weight excluding hydrogens is 310 g/mol. The van der Waals surface area contributed by atoms with E-state index in [-0.39, 0.29) is 0 Å². The number of ether oxygens (including phenoxy) is 1. The molecule has 0 aliphatic carbocycles. The van der Waals surface area contributed by atoms with Crippen molar-refractivity contribution in [3.63, 3.8) is 0 Å². The number of aromatic nitrogens is 2. The van der Waals surface area contributed by atoms with Gasteiger partial charge in [-0.1, -0.05) is 37.6 Å². The van der Waals surface area contributed by atoms with Gasteiger partial charge in [0.05, 0.1) is 12.1 Å². The molecule has 2 aromatic rings. The van der Waals surface area contributed by atoms with Gasteiger partial charge in [-0.2, -0.15) is 0 Å². The molecule has 0 saturated carbocycles. The van der Waals surface area contributed by atoms with E-state index in [9.17, 15) is 0 Å². The number of hydrogen-bond donors (Lipinski definition) is 0. The maximum atomic E-state index is 6.41. The molecule has 0 saturated heterocycles. The number of nitrogens with zero attached hydrogens (tertiary/aromatic N) is 3. The van der Waals surface area contributed by atoms with E-state index in [0.717, 1.165) is 43.2 Å². The van der Waals surface area contributed by atoms with Gasteiger partial charge < -0.3 is 4.74 Å². The maximum absolute atomic E-state index is 6.41. The lowest BCUT2D eigenvalue weighted by Gasteiger charge is -2.28. The van der Waals surface area contributed by atoms with Crippen molar-refractivity contribution < 1.29 is 4.74 Å². The molecule has 1 aromatic carbocycles. The molecule has 4 nitrogen and oxygen atoms in total. The Hall–Kier alpha value is -1.65. The quantitative estimate of drug-likeness (QED) is 0.853. The summed E-state index contributed by atoms with van der Waals surface area (Å²) in [6, 6.07) is 5.92. The van der Waals surface area contributed by atoms with Gasteiger partial charge in [-0.15, -0.1) is 0 Å². The summed E-state index contributed by atoms with van der Waals surface area (Å²) in [7, 11) is 1.64. The zero-order valence-electron chi connectivity index (χ0n) is 13.8. The van der Waals surface area contributed by atoms with E-state index in [1.807, 2.05) is 18.3 Å². The molecule has 0 atom stereocenters. The molecule has 2 heterocycles. The highest BCUT2D eigenvalue weighted by Crippen LogP contribution is 2.29. The van der Waals surface area contributed by atoms with E-state index in [4.69, 9.17) is 21.3 Å². The summed E-state index contributed by atoms with van der Waals surface area (Å²) in [4.78, 5) is 11.6.